The molecular formula is C11H10F2N2O2. The molecular weight excluding hydrogens is 230 g/mol. The monoisotopic (exact) mass is 240 g/mol. The van der Waals surface area contributed by atoms with E-state index in [1.165, 1.54) is 12.1 Å². The molecule has 0 aromatic heterocycles. The zero-order chi connectivity index (χ0) is 12.7. The molecule has 0 bridgehead atoms. The topological polar surface area (TPSA) is 62.1 Å². The van der Waals surface area contributed by atoms with Gasteiger partial charge in [-0.25, -0.2) is 8.78 Å². The second-order valence-corrected chi connectivity index (χ2v) is 3.11. The van der Waals surface area contributed by atoms with E-state index in [0.29, 0.717) is 5.69 Å². The molecule has 17 heavy (non-hydrogen) atoms. The number of rotatable bonds is 5. The first-order chi connectivity index (χ1) is 8.11. The summed E-state index contributed by atoms with van der Waals surface area (Å²) in [7, 11) is 0. The minimum Gasteiger partial charge on any atom is -0.488 e. The van der Waals surface area contributed by atoms with Crippen molar-refractivity contribution in [1.29, 1.82) is 5.26 Å². The van der Waals surface area contributed by atoms with E-state index in [9.17, 15) is 13.6 Å². The Morgan fingerprint density at radius 3 is 2.94 bits per heavy atom. The van der Waals surface area contributed by atoms with Gasteiger partial charge >= 0.3 is 0 Å². The molecule has 90 valence electrons. The molecule has 0 saturated heterocycles. The number of nitriles is 1. The Kier molecular flexibility index (Phi) is 4.88. The summed E-state index contributed by atoms with van der Waals surface area (Å²) in [6, 6.07) is 7.75. The second-order valence-electron chi connectivity index (χ2n) is 3.11. The highest BCUT2D eigenvalue weighted by Crippen LogP contribution is 2.18. The summed E-state index contributed by atoms with van der Waals surface area (Å²) in [5.74, 6) is -0.224. The van der Waals surface area contributed by atoms with Crippen LogP contribution in [0.15, 0.2) is 24.3 Å². The third kappa shape index (κ3) is 4.93. The molecule has 1 N–H and O–H groups in total. The summed E-state index contributed by atoms with van der Waals surface area (Å²) < 4.78 is 28.6. The summed E-state index contributed by atoms with van der Waals surface area (Å²) in [5, 5.41) is 10.7. The van der Waals surface area contributed by atoms with Crippen LogP contribution in [-0.4, -0.2) is 18.9 Å². The quantitative estimate of drug-likeness (QED) is 0.858. The number of anilines is 1. The maximum atomic E-state index is 11.9. The lowest BCUT2D eigenvalue weighted by Gasteiger charge is -2.07. The fraction of sp³-hybridized carbons (Fsp3) is 0.273. The molecule has 0 aliphatic heterocycles. The third-order valence-corrected chi connectivity index (χ3v) is 1.73. The zero-order valence-corrected chi connectivity index (χ0v) is 8.82. The molecule has 0 radical (unpaired) electrons. The highest BCUT2D eigenvalue weighted by molar-refractivity contribution is 5.92. The number of nitrogens with zero attached hydrogens (tertiary/aromatic N) is 1. The van der Waals surface area contributed by atoms with Gasteiger partial charge < -0.3 is 10.1 Å². The number of nitrogens with one attached hydrogen (secondary N) is 1. The Balaban J connectivity index is 2.60. The van der Waals surface area contributed by atoms with Gasteiger partial charge in [0.2, 0.25) is 5.91 Å². The molecule has 0 unspecified atom stereocenters. The van der Waals surface area contributed by atoms with Crippen LogP contribution in [-0.2, 0) is 4.79 Å². The summed E-state index contributed by atoms with van der Waals surface area (Å²) in [6.45, 7) is -0.699. The number of carbonyl (C=O) groups is 1. The Bertz CT molecular complexity index is 430. The zero-order valence-electron chi connectivity index (χ0n) is 8.82. The number of alkyl halides is 2. The molecule has 4 nitrogen and oxygen atoms in total. The first-order valence-corrected chi connectivity index (χ1v) is 4.79. The maximum Gasteiger partial charge on any atom is 0.272 e. The smallest absolute Gasteiger partial charge is 0.272 e. The predicted octanol–water partition coefficient (Wildman–Crippen LogP) is 2.18. The van der Waals surface area contributed by atoms with Crippen molar-refractivity contribution in [3.63, 3.8) is 0 Å². The van der Waals surface area contributed by atoms with Gasteiger partial charge in [-0.3, -0.25) is 4.79 Å². The lowest BCUT2D eigenvalue weighted by atomic mass is 10.3. The van der Waals surface area contributed by atoms with Crippen LogP contribution in [0.1, 0.15) is 6.42 Å². The minimum atomic E-state index is -2.55. The molecule has 1 amide bonds. The van der Waals surface area contributed by atoms with Crippen LogP contribution in [0.5, 0.6) is 5.75 Å². The number of ether oxygens (including phenoxy) is 1. The standard InChI is InChI=1S/C11H10F2N2O2/c12-10(13)7-17-9-3-1-2-8(6-9)15-11(16)4-5-14/h1-3,6,10H,4,7H2,(H,15,16). The number of hydrogen-bond acceptors (Lipinski definition) is 3. The van der Waals surface area contributed by atoms with E-state index in [1.54, 1.807) is 18.2 Å². The molecule has 0 saturated carbocycles. The van der Waals surface area contributed by atoms with Gasteiger partial charge in [0, 0.05) is 11.8 Å². The number of hydrogen-bond donors (Lipinski definition) is 1. The van der Waals surface area contributed by atoms with Gasteiger partial charge in [-0.1, -0.05) is 6.07 Å². The highest BCUT2D eigenvalue weighted by atomic mass is 19.3. The first-order valence-electron chi connectivity index (χ1n) is 4.79. The van der Waals surface area contributed by atoms with Crippen molar-refractivity contribution in [3.05, 3.63) is 24.3 Å². The van der Waals surface area contributed by atoms with Crippen molar-refractivity contribution in [2.24, 2.45) is 0 Å². The summed E-state index contributed by atoms with van der Waals surface area (Å²) in [4.78, 5) is 11.1. The van der Waals surface area contributed by atoms with Gasteiger partial charge in [0.1, 0.15) is 18.8 Å². The average molecular weight is 240 g/mol. The number of carbonyl (C=O) groups excluding carboxylic acids is 1. The summed E-state index contributed by atoms with van der Waals surface area (Å²) in [5.41, 5.74) is 0.400. The van der Waals surface area contributed by atoms with E-state index in [4.69, 9.17) is 10.00 Å². The Morgan fingerprint density at radius 1 is 1.53 bits per heavy atom. The van der Waals surface area contributed by atoms with Crippen molar-refractivity contribution in [2.45, 2.75) is 12.8 Å². The molecule has 6 heteroatoms. The van der Waals surface area contributed by atoms with Crippen LogP contribution < -0.4 is 10.1 Å². The molecule has 0 spiro atoms. The summed E-state index contributed by atoms with van der Waals surface area (Å²) in [6.07, 6.45) is -2.81. The van der Waals surface area contributed by atoms with Gasteiger partial charge in [0.15, 0.2) is 0 Å². The van der Waals surface area contributed by atoms with Gasteiger partial charge in [-0.15, -0.1) is 0 Å². The SMILES string of the molecule is N#CCC(=O)Nc1cccc(OCC(F)F)c1. The molecule has 1 rings (SSSR count). The maximum absolute atomic E-state index is 11.9. The normalized spacial score (nSPS) is 9.76. The molecule has 0 heterocycles. The minimum absolute atomic E-state index is 0.236. The van der Waals surface area contributed by atoms with Crippen LogP contribution in [0, 0.1) is 11.3 Å². The summed E-state index contributed by atoms with van der Waals surface area (Å²) >= 11 is 0. The van der Waals surface area contributed by atoms with E-state index in [0.717, 1.165) is 0 Å². The third-order valence-electron chi connectivity index (χ3n) is 1.73. The van der Waals surface area contributed by atoms with E-state index in [1.807, 2.05) is 0 Å². The first kappa shape index (κ1) is 12.9. The van der Waals surface area contributed by atoms with Gasteiger partial charge in [-0.05, 0) is 12.1 Å². The van der Waals surface area contributed by atoms with Crippen molar-refractivity contribution in [1.82, 2.24) is 0 Å². The van der Waals surface area contributed by atoms with Crippen LogP contribution in [0.3, 0.4) is 0 Å². The highest BCUT2D eigenvalue weighted by Gasteiger charge is 2.05. The van der Waals surface area contributed by atoms with Crippen LogP contribution >= 0.6 is 0 Å². The molecule has 1 aromatic rings. The van der Waals surface area contributed by atoms with Gasteiger partial charge in [0.05, 0.1) is 6.07 Å². The molecule has 0 atom stereocenters. The van der Waals surface area contributed by atoms with E-state index in [2.05, 4.69) is 5.32 Å². The van der Waals surface area contributed by atoms with Crippen LogP contribution in [0.4, 0.5) is 14.5 Å². The van der Waals surface area contributed by atoms with E-state index >= 15 is 0 Å². The average Bonchev–Trinajstić information content (AvgIpc) is 2.27. The van der Waals surface area contributed by atoms with Crippen molar-refractivity contribution < 1.29 is 18.3 Å². The van der Waals surface area contributed by atoms with Crippen LogP contribution in [0.2, 0.25) is 0 Å². The molecule has 1 aromatic carbocycles. The number of halogens is 2. The fourth-order valence-electron chi connectivity index (χ4n) is 1.10. The van der Waals surface area contributed by atoms with Crippen molar-refractivity contribution >= 4 is 11.6 Å². The van der Waals surface area contributed by atoms with Gasteiger partial charge in [0.25, 0.3) is 6.43 Å². The van der Waals surface area contributed by atoms with E-state index in [-0.39, 0.29) is 12.2 Å². The number of benzene rings is 1. The van der Waals surface area contributed by atoms with Crippen molar-refractivity contribution in [2.75, 3.05) is 11.9 Å². The second kappa shape index (κ2) is 6.43. The number of amides is 1. The molecule has 0 aliphatic carbocycles. The lowest BCUT2D eigenvalue weighted by molar-refractivity contribution is -0.115. The molecule has 0 aliphatic rings. The molecule has 0 fully saturated rings. The van der Waals surface area contributed by atoms with Crippen molar-refractivity contribution in [3.8, 4) is 11.8 Å². The largest absolute Gasteiger partial charge is 0.488 e. The van der Waals surface area contributed by atoms with Gasteiger partial charge in [-0.2, -0.15) is 5.26 Å². The predicted molar refractivity (Wildman–Crippen MR) is 56.8 cm³/mol. The lowest BCUT2D eigenvalue weighted by Crippen LogP contribution is -2.11. The Morgan fingerprint density at radius 2 is 2.29 bits per heavy atom. The Hall–Kier alpha value is -2.16. The van der Waals surface area contributed by atoms with E-state index < -0.39 is 18.9 Å². The van der Waals surface area contributed by atoms with Crippen LogP contribution in [0.25, 0.3) is 0 Å². The Labute approximate surface area is 96.8 Å². The fourth-order valence-corrected chi connectivity index (χ4v) is 1.10.